The third-order valence-corrected chi connectivity index (χ3v) is 1.85. The number of halogens is 1. The van der Waals surface area contributed by atoms with Crippen LogP contribution in [0, 0.1) is 12.7 Å². The second-order valence-electron chi connectivity index (χ2n) is 2.84. The Morgan fingerprint density at radius 2 is 2.17 bits per heavy atom. The third-order valence-electron chi connectivity index (χ3n) is 1.85. The van der Waals surface area contributed by atoms with Gasteiger partial charge in [-0.1, -0.05) is 6.07 Å². The van der Waals surface area contributed by atoms with Crippen LogP contribution in [0.3, 0.4) is 0 Å². The largest absolute Gasteiger partial charge is 0.264 e. The topological polar surface area (TPSA) is 12.9 Å². The maximum atomic E-state index is 13.2. The van der Waals surface area contributed by atoms with Crippen LogP contribution in [-0.2, 0) is 0 Å². The molecule has 0 aliphatic rings. The van der Waals surface area contributed by atoms with E-state index in [1.165, 1.54) is 6.07 Å². The number of nitrogens with zero attached hydrogens (tertiary/aromatic N) is 1. The van der Waals surface area contributed by atoms with Gasteiger partial charge in [0.25, 0.3) is 0 Å². The van der Waals surface area contributed by atoms with Crippen LogP contribution < -0.4 is 0 Å². The first-order valence-corrected chi connectivity index (χ1v) is 3.77. The van der Waals surface area contributed by atoms with Gasteiger partial charge in [0.05, 0.1) is 0 Å². The van der Waals surface area contributed by atoms with Gasteiger partial charge in [-0.05, 0) is 30.0 Å². The molecule has 0 fully saturated rings. The van der Waals surface area contributed by atoms with E-state index in [1.807, 2.05) is 19.1 Å². The summed E-state index contributed by atoms with van der Waals surface area (Å²) >= 11 is 0. The lowest BCUT2D eigenvalue weighted by Crippen LogP contribution is -1.82. The lowest BCUT2D eigenvalue weighted by atomic mass is 10.1. The van der Waals surface area contributed by atoms with E-state index < -0.39 is 0 Å². The highest BCUT2D eigenvalue weighted by molar-refractivity contribution is 5.82. The molecule has 0 saturated carbocycles. The second kappa shape index (κ2) is 2.55. The zero-order valence-electron chi connectivity index (χ0n) is 6.71. The predicted molar refractivity (Wildman–Crippen MR) is 46.4 cm³/mol. The first-order chi connectivity index (χ1) is 5.77. The first-order valence-electron chi connectivity index (χ1n) is 3.77. The van der Waals surface area contributed by atoms with Crippen LogP contribution in [0.2, 0.25) is 0 Å². The summed E-state index contributed by atoms with van der Waals surface area (Å²) in [6.45, 7) is 1.88. The zero-order valence-corrected chi connectivity index (χ0v) is 6.71. The molecule has 0 saturated heterocycles. The predicted octanol–water partition coefficient (Wildman–Crippen LogP) is 2.68. The summed E-state index contributed by atoms with van der Waals surface area (Å²) in [5, 5.41) is 1.49. The molecule has 1 aromatic carbocycles. The molecule has 1 aromatic heterocycles. The average molecular weight is 161 g/mol. The molecule has 2 aromatic rings. The van der Waals surface area contributed by atoms with Crippen molar-refractivity contribution in [2.45, 2.75) is 6.92 Å². The molecule has 0 bridgehead atoms. The summed E-state index contributed by atoms with van der Waals surface area (Å²) in [5.41, 5.74) is 0.936. The van der Waals surface area contributed by atoms with E-state index in [1.54, 1.807) is 12.4 Å². The van der Waals surface area contributed by atoms with Crippen LogP contribution in [0.25, 0.3) is 10.8 Å². The highest BCUT2D eigenvalue weighted by Crippen LogP contribution is 2.17. The van der Waals surface area contributed by atoms with Gasteiger partial charge < -0.3 is 0 Å². The number of hydrogen-bond acceptors (Lipinski definition) is 1. The fourth-order valence-corrected chi connectivity index (χ4v) is 1.30. The van der Waals surface area contributed by atoms with Gasteiger partial charge in [-0.15, -0.1) is 0 Å². The Labute approximate surface area is 69.9 Å². The highest BCUT2D eigenvalue weighted by atomic mass is 19.1. The zero-order chi connectivity index (χ0) is 8.55. The average Bonchev–Trinajstić information content (AvgIpc) is 2.04. The van der Waals surface area contributed by atoms with Gasteiger partial charge in [0.1, 0.15) is 5.82 Å². The maximum absolute atomic E-state index is 13.2. The molecule has 12 heavy (non-hydrogen) atoms. The van der Waals surface area contributed by atoms with Gasteiger partial charge in [-0.2, -0.15) is 0 Å². The molecule has 60 valence electrons. The molecular weight excluding hydrogens is 153 g/mol. The van der Waals surface area contributed by atoms with Crippen LogP contribution in [-0.4, -0.2) is 4.98 Å². The Morgan fingerprint density at radius 1 is 1.33 bits per heavy atom. The Bertz CT molecular complexity index is 423. The van der Waals surface area contributed by atoms with Crippen LogP contribution in [0.15, 0.2) is 30.6 Å². The molecule has 0 spiro atoms. The molecule has 1 nitrogen and oxygen atoms in total. The van der Waals surface area contributed by atoms with Gasteiger partial charge in [-0.25, -0.2) is 4.39 Å². The molecule has 0 amide bonds. The molecule has 0 N–H and O–H groups in total. The first kappa shape index (κ1) is 7.22. The molecule has 0 unspecified atom stereocenters. The normalized spacial score (nSPS) is 10.5. The number of fused-ring (bicyclic) bond motifs is 1. The van der Waals surface area contributed by atoms with Gasteiger partial charge in [0.2, 0.25) is 0 Å². The minimum absolute atomic E-state index is 0.196. The molecule has 0 radical (unpaired) electrons. The van der Waals surface area contributed by atoms with Crippen molar-refractivity contribution in [2.75, 3.05) is 0 Å². The fraction of sp³-hybridized carbons (Fsp3) is 0.100. The van der Waals surface area contributed by atoms with E-state index in [9.17, 15) is 4.39 Å². The molecule has 0 aliphatic carbocycles. The Hall–Kier alpha value is -1.44. The standard InChI is InChI=1S/C10H8FN/c1-7-4-8-2-3-12-6-9(8)10(11)5-7/h2-6H,1H3. The van der Waals surface area contributed by atoms with Crippen molar-refractivity contribution in [1.82, 2.24) is 4.98 Å². The van der Waals surface area contributed by atoms with E-state index in [-0.39, 0.29) is 5.82 Å². The molecule has 2 rings (SSSR count). The van der Waals surface area contributed by atoms with Crippen LogP contribution in [0.5, 0.6) is 0 Å². The van der Waals surface area contributed by atoms with Gasteiger partial charge >= 0.3 is 0 Å². The van der Waals surface area contributed by atoms with Crippen LogP contribution in [0.4, 0.5) is 4.39 Å². The number of hydrogen-bond donors (Lipinski definition) is 0. The number of rotatable bonds is 0. The molecule has 0 atom stereocenters. The number of pyridine rings is 1. The van der Waals surface area contributed by atoms with E-state index >= 15 is 0 Å². The lowest BCUT2D eigenvalue weighted by molar-refractivity contribution is 0.638. The van der Waals surface area contributed by atoms with Crippen molar-refractivity contribution in [1.29, 1.82) is 0 Å². The summed E-state index contributed by atoms with van der Waals surface area (Å²) in [5.74, 6) is -0.196. The lowest BCUT2D eigenvalue weighted by Gasteiger charge is -1.99. The second-order valence-corrected chi connectivity index (χ2v) is 2.84. The quantitative estimate of drug-likeness (QED) is 0.578. The van der Waals surface area contributed by atoms with Crippen molar-refractivity contribution in [3.8, 4) is 0 Å². The van der Waals surface area contributed by atoms with Crippen LogP contribution >= 0.6 is 0 Å². The van der Waals surface area contributed by atoms with Crippen molar-refractivity contribution in [3.63, 3.8) is 0 Å². The SMILES string of the molecule is Cc1cc(F)c2cnccc2c1. The third kappa shape index (κ3) is 1.05. The summed E-state index contributed by atoms with van der Waals surface area (Å²) < 4.78 is 13.2. The maximum Gasteiger partial charge on any atom is 0.132 e. The summed E-state index contributed by atoms with van der Waals surface area (Å²) in [7, 11) is 0. The molecular formula is C10H8FN. The van der Waals surface area contributed by atoms with Gasteiger partial charge in [0, 0.05) is 17.8 Å². The van der Waals surface area contributed by atoms with E-state index in [2.05, 4.69) is 4.98 Å². The molecule has 0 aliphatic heterocycles. The smallest absolute Gasteiger partial charge is 0.132 e. The Balaban J connectivity index is 2.89. The Kier molecular flexibility index (Phi) is 1.54. The number of aryl methyl sites for hydroxylation is 1. The van der Waals surface area contributed by atoms with E-state index in [0.717, 1.165) is 10.9 Å². The number of benzene rings is 1. The summed E-state index contributed by atoms with van der Waals surface area (Å²) in [6, 6.07) is 5.27. The Morgan fingerprint density at radius 3 is 3.00 bits per heavy atom. The fourth-order valence-electron chi connectivity index (χ4n) is 1.30. The van der Waals surface area contributed by atoms with Crippen molar-refractivity contribution in [2.24, 2.45) is 0 Å². The minimum atomic E-state index is -0.196. The van der Waals surface area contributed by atoms with Crippen molar-refractivity contribution < 1.29 is 4.39 Å². The van der Waals surface area contributed by atoms with E-state index in [0.29, 0.717) is 5.39 Å². The van der Waals surface area contributed by atoms with Crippen LogP contribution in [0.1, 0.15) is 5.56 Å². The van der Waals surface area contributed by atoms with Gasteiger partial charge in [0.15, 0.2) is 0 Å². The summed E-state index contributed by atoms with van der Waals surface area (Å²) in [6.07, 6.45) is 3.21. The summed E-state index contributed by atoms with van der Waals surface area (Å²) in [4.78, 5) is 3.86. The monoisotopic (exact) mass is 161 g/mol. The number of aromatic nitrogens is 1. The van der Waals surface area contributed by atoms with E-state index in [4.69, 9.17) is 0 Å². The molecule has 2 heteroatoms. The van der Waals surface area contributed by atoms with Crippen molar-refractivity contribution in [3.05, 3.63) is 42.0 Å². The van der Waals surface area contributed by atoms with Crippen molar-refractivity contribution >= 4 is 10.8 Å². The van der Waals surface area contributed by atoms with Gasteiger partial charge in [-0.3, -0.25) is 4.98 Å². The molecule has 1 heterocycles. The highest BCUT2D eigenvalue weighted by Gasteiger charge is 1.99. The minimum Gasteiger partial charge on any atom is -0.264 e.